The zero-order valence-electron chi connectivity index (χ0n) is 16.9. The SMILES string of the molecule is CCCn1c(NC(=O)C[C@H](NC(C)=O)c2ccc(OC)cc2)nc2ccccc21. The summed E-state index contributed by atoms with van der Waals surface area (Å²) < 4.78 is 7.19. The fourth-order valence-corrected chi connectivity index (χ4v) is 3.32. The summed E-state index contributed by atoms with van der Waals surface area (Å²) in [6.07, 6.45) is 1.02. The van der Waals surface area contributed by atoms with Gasteiger partial charge >= 0.3 is 0 Å². The highest BCUT2D eigenvalue weighted by Gasteiger charge is 2.19. The predicted molar refractivity (Wildman–Crippen MR) is 113 cm³/mol. The van der Waals surface area contributed by atoms with E-state index >= 15 is 0 Å². The van der Waals surface area contributed by atoms with Crippen LogP contribution in [-0.4, -0.2) is 28.5 Å². The number of hydrogen-bond donors (Lipinski definition) is 2. The second-order valence-electron chi connectivity index (χ2n) is 6.85. The van der Waals surface area contributed by atoms with Crippen LogP contribution in [0.5, 0.6) is 5.75 Å². The second-order valence-corrected chi connectivity index (χ2v) is 6.85. The quantitative estimate of drug-likeness (QED) is 0.611. The fourth-order valence-electron chi connectivity index (χ4n) is 3.32. The Bertz CT molecular complexity index is 995. The van der Waals surface area contributed by atoms with Gasteiger partial charge in [0.25, 0.3) is 0 Å². The first kappa shape index (κ1) is 20.4. The van der Waals surface area contributed by atoms with Gasteiger partial charge in [-0.1, -0.05) is 31.2 Å². The number of hydrogen-bond acceptors (Lipinski definition) is 4. The number of aryl methyl sites for hydroxylation is 1. The van der Waals surface area contributed by atoms with Crippen molar-refractivity contribution in [3.05, 3.63) is 54.1 Å². The van der Waals surface area contributed by atoms with E-state index in [0.717, 1.165) is 29.6 Å². The summed E-state index contributed by atoms with van der Waals surface area (Å²) in [6, 6.07) is 14.7. The van der Waals surface area contributed by atoms with Crippen LogP contribution in [0.1, 0.15) is 38.3 Å². The van der Waals surface area contributed by atoms with Crippen molar-refractivity contribution < 1.29 is 14.3 Å². The standard InChI is InChI=1S/C22H26N4O3/c1-4-13-26-20-8-6-5-7-18(20)24-22(26)25-21(28)14-19(23-15(2)27)16-9-11-17(29-3)12-10-16/h5-12,19H,4,13-14H2,1-3H3,(H,23,27)(H,24,25,28)/t19-/m0/s1. The average Bonchev–Trinajstić information content (AvgIpc) is 3.04. The Morgan fingerprint density at radius 1 is 1.14 bits per heavy atom. The average molecular weight is 394 g/mol. The summed E-state index contributed by atoms with van der Waals surface area (Å²) in [7, 11) is 1.59. The summed E-state index contributed by atoms with van der Waals surface area (Å²) in [5.41, 5.74) is 2.65. The van der Waals surface area contributed by atoms with Crippen molar-refractivity contribution >= 4 is 28.8 Å². The lowest BCUT2D eigenvalue weighted by molar-refractivity contribution is -0.120. The molecule has 1 aromatic heterocycles. The summed E-state index contributed by atoms with van der Waals surface area (Å²) >= 11 is 0. The van der Waals surface area contributed by atoms with Crippen molar-refractivity contribution in [1.82, 2.24) is 14.9 Å². The number of rotatable bonds is 8. The molecule has 1 heterocycles. The summed E-state index contributed by atoms with van der Waals surface area (Å²) in [5, 5.41) is 5.77. The first-order valence-corrected chi connectivity index (χ1v) is 9.68. The Kier molecular flexibility index (Phi) is 6.49. The first-order valence-electron chi connectivity index (χ1n) is 9.68. The van der Waals surface area contributed by atoms with Gasteiger partial charge in [-0.3, -0.25) is 14.9 Å². The van der Waals surface area contributed by atoms with Crippen molar-refractivity contribution in [1.29, 1.82) is 0 Å². The van der Waals surface area contributed by atoms with E-state index < -0.39 is 6.04 Å². The van der Waals surface area contributed by atoms with E-state index in [1.165, 1.54) is 6.92 Å². The third-order valence-corrected chi connectivity index (χ3v) is 4.64. The molecular formula is C22H26N4O3. The molecule has 3 aromatic rings. The van der Waals surface area contributed by atoms with Gasteiger partial charge in [-0.15, -0.1) is 0 Å². The van der Waals surface area contributed by atoms with E-state index in [1.807, 2.05) is 53.1 Å². The lowest BCUT2D eigenvalue weighted by atomic mass is 10.0. The lowest BCUT2D eigenvalue weighted by Crippen LogP contribution is -2.30. The van der Waals surface area contributed by atoms with Gasteiger partial charge in [0.1, 0.15) is 5.75 Å². The highest BCUT2D eigenvalue weighted by atomic mass is 16.5. The molecular weight excluding hydrogens is 368 g/mol. The summed E-state index contributed by atoms with van der Waals surface area (Å²) in [6.45, 7) is 4.27. The van der Waals surface area contributed by atoms with Crippen LogP contribution in [0.3, 0.4) is 0 Å². The molecule has 0 saturated heterocycles. The largest absolute Gasteiger partial charge is 0.497 e. The van der Waals surface area contributed by atoms with E-state index in [0.29, 0.717) is 11.7 Å². The van der Waals surface area contributed by atoms with Gasteiger partial charge in [0, 0.05) is 13.5 Å². The molecule has 2 amide bonds. The smallest absolute Gasteiger partial charge is 0.229 e. The topological polar surface area (TPSA) is 85.2 Å². The molecule has 0 unspecified atom stereocenters. The van der Waals surface area contributed by atoms with E-state index in [1.54, 1.807) is 7.11 Å². The molecule has 2 aromatic carbocycles. The second kappa shape index (κ2) is 9.23. The maximum atomic E-state index is 12.8. The van der Waals surface area contributed by atoms with Crippen molar-refractivity contribution in [3.8, 4) is 5.75 Å². The molecule has 0 radical (unpaired) electrons. The molecule has 7 heteroatoms. The van der Waals surface area contributed by atoms with Gasteiger partial charge in [0.05, 0.1) is 30.6 Å². The van der Waals surface area contributed by atoms with Crippen LogP contribution in [0.2, 0.25) is 0 Å². The monoisotopic (exact) mass is 394 g/mol. The zero-order valence-corrected chi connectivity index (χ0v) is 16.9. The minimum absolute atomic E-state index is 0.0985. The van der Waals surface area contributed by atoms with E-state index in [-0.39, 0.29) is 18.2 Å². The third-order valence-electron chi connectivity index (χ3n) is 4.64. The Balaban J connectivity index is 1.80. The molecule has 0 bridgehead atoms. The van der Waals surface area contributed by atoms with E-state index in [9.17, 15) is 9.59 Å². The Hall–Kier alpha value is -3.35. The molecule has 7 nitrogen and oxygen atoms in total. The van der Waals surface area contributed by atoms with Crippen LogP contribution >= 0.6 is 0 Å². The minimum atomic E-state index is -0.442. The molecule has 0 saturated carbocycles. The molecule has 1 atom stereocenters. The Morgan fingerprint density at radius 3 is 2.52 bits per heavy atom. The number of amides is 2. The van der Waals surface area contributed by atoms with Crippen LogP contribution in [-0.2, 0) is 16.1 Å². The molecule has 0 aliphatic rings. The molecule has 2 N–H and O–H groups in total. The van der Waals surface area contributed by atoms with Crippen LogP contribution in [0, 0.1) is 0 Å². The van der Waals surface area contributed by atoms with Gasteiger partial charge in [0.2, 0.25) is 17.8 Å². The van der Waals surface area contributed by atoms with Gasteiger partial charge in [-0.2, -0.15) is 0 Å². The summed E-state index contributed by atoms with van der Waals surface area (Å²) in [4.78, 5) is 29.0. The molecule has 29 heavy (non-hydrogen) atoms. The zero-order chi connectivity index (χ0) is 20.8. The van der Waals surface area contributed by atoms with Crippen LogP contribution in [0.4, 0.5) is 5.95 Å². The molecule has 152 valence electrons. The molecule has 0 fully saturated rings. The highest BCUT2D eigenvalue weighted by Crippen LogP contribution is 2.23. The minimum Gasteiger partial charge on any atom is -0.497 e. The maximum absolute atomic E-state index is 12.8. The molecule has 0 spiro atoms. The Labute approximate surface area is 170 Å². The van der Waals surface area contributed by atoms with Gasteiger partial charge in [-0.05, 0) is 36.2 Å². The van der Waals surface area contributed by atoms with E-state index in [2.05, 4.69) is 22.5 Å². The van der Waals surface area contributed by atoms with Crippen molar-refractivity contribution in [2.75, 3.05) is 12.4 Å². The molecule has 0 aliphatic heterocycles. The molecule has 0 aliphatic carbocycles. The number of nitrogens with zero attached hydrogens (tertiary/aromatic N) is 2. The number of para-hydroxylation sites is 2. The lowest BCUT2D eigenvalue weighted by Gasteiger charge is -2.18. The number of benzene rings is 2. The first-order chi connectivity index (χ1) is 14.0. The van der Waals surface area contributed by atoms with Gasteiger partial charge < -0.3 is 14.6 Å². The van der Waals surface area contributed by atoms with Crippen LogP contribution < -0.4 is 15.4 Å². The Morgan fingerprint density at radius 2 is 1.86 bits per heavy atom. The number of carbonyl (C=O) groups is 2. The number of aromatic nitrogens is 2. The maximum Gasteiger partial charge on any atom is 0.229 e. The predicted octanol–water partition coefficient (Wildman–Crippen LogP) is 3.66. The summed E-state index contributed by atoms with van der Waals surface area (Å²) in [5.74, 6) is 0.825. The number of fused-ring (bicyclic) bond motifs is 1. The number of imidazole rings is 1. The number of carbonyl (C=O) groups excluding carboxylic acids is 2. The number of methoxy groups -OCH3 is 1. The normalized spacial score (nSPS) is 11.8. The fraction of sp³-hybridized carbons (Fsp3) is 0.318. The van der Waals surface area contributed by atoms with E-state index in [4.69, 9.17) is 4.74 Å². The van der Waals surface area contributed by atoms with Crippen LogP contribution in [0.25, 0.3) is 11.0 Å². The number of ether oxygens (including phenoxy) is 1. The van der Waals surface area contributed by atoms with Gasteiger partial charge in [0.15, 0.2) is 0 Å². The number of nitrogens with one attached hydrogen (secondary N) is 2. The number of anilines is 1. The third kappa shape index (κ3) is 4.93. The van der Waals surface area contributed by atoms with Crippen molar-refractivity contribution in [2.24, 2.45) is 0 Å². The van der Waals surface area contributed by atoms with Gasteiger partial charge in [-0.25, -0.2) is 4.98 Å². The highest BCUT2D eigenvalue weighted by molar-refractivity contribution is 5.92. The van der Waals surface area contributed by atoms with Crippen molar-refractivity contribution in [2.45, 2.75) is 39.3 Å². The molecule has 3 rings (SSSR count). The van der Waals surface area contributed by atoms with Crippen molar-refractivity contribution in [3.63, 3.8) is 0 Å². The van der Waals surface area contributed by atoms with Crippen LogP contribution in [0.15, 0.2) is 48.5 Å².